The predicted molar refractivity (Wildman–Crippen MR) is 336 cm³/mol. The summed E-state index contributed by atoms with van der Waals surface area (Å²) < 4.78 is 74.1. The lowest BCUT2D eigenvalue weighted by molar-refractivity contribution is -0.144. The van der Waals surface area contributed by atoms with Gasteiger partial charge >= 0.3 is 43.6 Å². The van der Waals surface area contributed by atoms with Gasteiger partial charge in [-0.15, -0.1) is 0 Å². The largest absolute Gasteiger partial charge is 0.647 e. The average molecular weight is 1210 g/mol. The Bertz CT molecular complexity index is 2810. The Morgan fingerprint density at radius 1 is 0.326 bits per heavy atom. The molecule has 0 aromatic heterocycles. The van der Waals surface area contributed by atoms with Gasteiger partial charge in [-0.2, -0.15) is 4.57 Å². The number of carbonyl (C=O) groups excluding carboxylic acids is 6. The molecule has 17 heteroatoms. The van der Waals surface area contributed by atoms with E-state index in [-0.39, 0.29) is 107 Å². The number of ether oxygens (including phenoxy) is 6. The summed E-state index contributed by atoms with van der Waals surface area (Å²) in [4.78, 5) is 78.5. The fraction of sp³-hybridized carbons (Fsp3) is 0.478. The summed E-state index contributed by atoms with van der Waals surface area (Å²) in [5, 5.41) is 0. The topological polar surface area (TPSA) is 203 Å². The minimum atomic E-state index is -5.35. The van der Waals surface area contributed by atoms with E-state index < -0.39 is 80.3 Å². The molecule has 0 amide bonds. The van der Waals surface area contributed by atoms with Gasteiger partial charge in [0.2, 0.25) is 0 Å². The van der Waals surface area contributed by atoms with E-state index in [1.807, 2.05) is 77.9 Å². The van der Waals surface area contributed by atoms with E-state index in [1.165, 1.54) is 20.8 Å². The molecule has 6 unspecified atom stereocenters. The second-order valence-electron chi connectivity index (χ2n) is 23.8. The van der Waals surface area contributed by atoms with Crippen LogP contribution in [0.3, 0.4) is 0 Å². The fourth-order valence-electron chi connectivity index (χ4n) is 9.13. The number of benzene rings is 3. The van der Waals surface area contributed by atoms with Crippen LogP contribution < -0.4 is 13.6 Å². The van der Waals surface area contributed by atoms with Crippen molar-refractivity contribution in [1.82, 2.24) is 0 Å². The number of hydrogen-bond acceptors (Lipinski definition) is 16. The molecule has 0 saturated heterocycles. The molecule has 0 spiro atoms. The molecule has 0 aliphatic carbocycles. The lowest BCUT2D eigenvalue weighted by Gasteiger charge is -2.31. The number of esters is 6. The SMILES string of the molecule is C=C(C)C(=O)OC(C)Cc1ccc(C(C)C)c(OP(=O)(Oc2c(C(C)C)ccc(CC(C)OC(=O)C(=C)C)c2CC(C)OC(=O)C(=C)C)Oc2c(C(C)C)ccc(CC(C)OC(=O)C(=C)C)c2CC(C)OC(=O)C(=C)C)c1CC(C)OC(=O)C(=C)C. The van der Waals surface area contributed by atoms with Crippen LogP contribution in [0.4, 0.5) is 0 Å². The van der Waals surface area contributed by atoms with Crippen molar-refractivity contribution in [3.05, 3.63) is 159 Å². The van der Waals surface area contributed by atoms with Gasteiger partial charge in [0.15, 0.2) is 0 Å². The zero-order chi connectivity index (χ0) is 65.4. The van der Waals surface area contributed by atoms with Gasteiger partial charge in [-0.25, -0.2) is 28.8 Å². The minimum absolute atomic E-state index is 0.0276. The quantitative estimate of drug-likeness (QED) is 0.0241. The average Bonchev–Trinajstić information content (AvgIpc) is 0.985. The first kappa shape index (κ1) is 72.8. The molecule has 3 rings (SSSR count). The lowest BCUT2D eigenvalue weighted by atomic mass is 9.90. The van der Waals surface area contributed by atoms with Crippen molar-refractivity contribution in [3.8, 4) is 17.2 Å². The number of phosphoric acid groups is 1. The van der Waals surface area contributed by atoms with E-state index in [9.17, 15) is 28.8 Å². The highest BCUT2D eigenvalue weighted by Crippen LogP contribution is 2.57. The van der Waals surface area contributed by atoms with Crippen LogP contribution in [-0.4, -0.2) is 72.4 Å². The Kier molecular flexibility index (Phi) is 27.4. The minimum Gasteiger partial charge on any atom is -0.459 e. The molecule has 0 heterocycles. The zero-order valence-electron chi connectivity index (χ0n) is 54.1. The summed E-state index contributed by atoms with van der Waals surface area (Å²) in [5.41, 5.74) is 5.66. The van der Waals surface area contributed by atoms with Gasteiger partial charge in [0.05, 0.1) is 0 Å². The van der Waals surface area contributed by atoms with Crippen molar-refractivity contribution in [2.75, 3.05) is 0 Å². The van der Waals surface area contributed by atoms with E-state index in [0.717, 1.165) is 0 Å². The molecule has 0 saturated carbocycles. The maximum absolute atomic E-state index is 17.4. The molecule has 0 N–H and O–H groups in total. The van der Waals surface area contributed by atoms with E-state index >= 15 is 4.57 Å². The van der Waals surface area contributed by atoms with Gasteiger partial charge in [-0.05, 0) is 134 Å². The van der Waals surface area contributed by atoms with Crippen molar-refractivity contribution < 1.29 is 75.3 Å². The van der Waals surface area contributed by atoms with Crippen LogP contribution in [0.2, 0.25) is 0 Å². The second kappa shape index (κ2) is 32.3. The van der Waals surface area contributed by atoms with Crippen LogP contribution in [-0.2, 0) is 100 Å². The third-order valence-electron chi connectivity index (χ3n) is 13.6. The summed E-state index contributed by atoms with van der Waals surface area (Å²) in [6.45, 7) is 53.6. The highest BCUT2D eigenvalue weighted by atomic mass is 31.2. The summed E-state index contributed by atoms with van der Waals surface area (Å²) in [6, 6.07) is 11.0. The Labute approximate surface area is 511 Å². The van der Waals surface area contributed by atoms with Gasteiger partial charge in [0.1, 0.15) is 53.9 Å². The maximum atomic E-state index is 17.4. The maximum Gasteiger partial charge on any atom is 0.647 e. The molecule has 86 heavy (non-hydrogen) atoms. The van der Waals surface area contributed by atoms with Crippen LogP contribution in [0, 0.1) is 0 Å². The third-order valence-corrected chi connectivity index (χ3v) is 14.8. The standard InChI is InChI=1S/C69H93O16P/c1-37(2)55-28-25-52(31-46(19)77-64(70)40(7)8)58(34-49(22)80-67(73)43(13)14)61(55)83-86(76,84-62-56(38(3)4)29-26-53(32-47(20)78-65(71)41(9)10)59(62)35-50(23)81-68(74)44(15)16)85-63-57(39(5)6)30-27-54(33-48(21)79-66(72)42(11)12)60(63)36-51(24)82-69(75)45(17)18/h25-30,37-39,46-51H,7,9,11,13,15,17,31-36H2,1-6,8,10,12,14,16,18-24H3. The first-order chi connectivity index (χ1) is 39.9. The van der Waals surface area contributed by atoms with Crippen molar-refractivity contribution in [1.29, 1.82) is 0 Å². The number of phosphoric ester groups is 1. The molecule has 0 aliphatic rings. The molecule has 16 nitrogen and oxygen atoms in total. The monoisotopic (exact) mass is 1210 g/mol. The molecular weight excluding hydrogens is 1120 g/mol. The molecule has 6 atom stereocenters. The smallest absolute Gasteiger partial charge is 0.459 e. The van der Waals surface area contributed by atoms with E-state index in [0.29, 0.717) is 50.1 Å². The Morgan fingerprint density at radius 3 is 0.663 bits per heavy atom. The Hall–Kier alpha value is -7.45. The number of carbonyl (C=O) groups is 6. The highest BCUT2D eigenvalue weighted by Gasteiger charge is 2.41. The molecule has 3 aromatic carbocycles. The van der Waals surface area contributed by atoms with Gasteiger partial charge in [-0.1, -0.05) is 117 Å². The van der Waals surface area contributed by atoms with E-state index in [2.05, 4.69) is 39.5 Å². The fourth-order valence-corrected chi connectivity index (χ4v) is 10.6. The molecule has 0 bridgehead atoms. The Balaban J connectivity index is 2.78. The highest BCUT2D eigenvalue weighted by molar-refractivity contribution is 7.49. The van der Waals surface area contributed by atoms with Crippen LogP contribution in [0.15, 0.2) is 109 Å². The molecular formula is C69H93O16P. The van der Waals surface area contributed by atoms with Crippen LogP contribution in [0.25, 0.3) is 0 Å². The summed E-state index contributed by atoms with van der Waals surface area (Å²) >= 11 is 0. The molecule has 0 aliphatic heterocycles. The third kappa shape index (κ3) is 21.5. The first-order valence-corrected chi connectivity index (χ1v) is 30.6. The number of rotatable bonds is 33. The first-order valence-electron chi connectivity index (χ1n) is 29.2. The van der Waals surface area contributed by atoms with Crippen molar-refractivity contribution in [3.63, 3.8) is 0 Å². The summed E-state index contributed by atoms with van der Waals surface area (Å²) in [6.07, 6.45) is -4.53. The van der Waals surface area contributed by atoms with E-state index in [4.69, 9.17) is 42.0 Å². The molecule has 3 aromatic rings. The van der Waals surface area contributed by atoms with Crippen LogP contribution in [0.5, 0.6) is 17.2 Å². The molecule has 0 radical (unpaired) electrons. The van der Waals surface area contributed by atoms with Gasteiger partial charge in [0, 0.05) is 88.7 Å². The second-order valence-corrected chi connectivity index (χ2v) is 25.2. The van der Waals surface area contributed by atoms with Crippen molar-refractivity contribution in [2.24, 2.45) is 0 Å². The predicted octanol–water partition coefficient (Wildman–Crippen LogP) is 15.0. The van der Waals surface area contributed by atoms with Gasteiger partial charge in [0.25, 0.3) is 0 Å². The lowest BCUT2D eigenvalue weighted by Crippen LogP contribution is -2.24. The zero-order valence-corrected chi connectivity index (χ0v) is 55.0. The summed E-state index contributed by atoms with van der Waals surface area (Å²) in [7, 11) is -5.35. The summed E-state index contributed by atoms with van der Waals surface area (Å²) in [5.74, 6) is -4.64. The normalized spacial score (nSPS) is 14.0. The Morgan fingerprint density at radius 2 is 0.500 bits per heavy atom. The molecule has 470 valence electrons. The van der Waals surface area contributed by atoms with Crippen molar-refractivity contribution >= 4 is 43.6 Å². The molecule has 0 fully saturated rings. The van der Waals surface area contributed by atoms with Gasteiger partial charge in [-0.3, -0.25) is 0 Å². The van der Waals surface area contributed by atoms with Gasteiger partial charge < -0.3 is 42.0 Å². The number of hydrogen-bond donors (Lipinski definition) is 0. The van der Waals surface area contributed by atoms with E-state index in [1.54, 1.807) is 62.3 Å². The van der Waals surface area contributed by atoms with Crippen LogP contribution in [0.1, 0.15) is 192 Å². The van der Waals surface area contributed by atoms with Crippen LogP contribution >= 0.6 is 7.82 Å². The van der Waals surface area contributed by atoms with Crippen molar-refractivity contribution in [2.45, 2.75) is 218 Å².